The maximum atomic E-state index is 6.42. The summed E-state index contributed by atoms with van der Waals surface area (Å²) in [5.41, 5.74) is 2.97. The highest BCUT2D eigenvalue weighted by Crippen LogP contribution is 2.34. The summed E-state index contributed by atoms with van der Waals surface area (Å²) < 4.78 is 0. The number of nitrogens with zero attached hydrogens (tertiary/aromatic N) is 3. The largest absolute Gasteiger partial charge is 0.351 e. The second kappa shape index (κ2) is 7.77. The Labute approximate surface area is 164 Å². The summed E-state index contributed by atoms with van der Waals surface area (Å²) >= 11 is 6.42. The third kappa shape index (κ3) is 3.51. The van der Waals surface area contributed by atoms with Crippen molar-refractivity contribution in [2.75, 3.05) is 11.4 Å². The van der Waals surface area contributed by atoms with E-state index in [-0.39, 0.29) is 0 Å². The van der Waals surface area contributed by atoms with Crippen LogP contribution >= 0.6 is 11.6 Å². The molecule has 0 spiro atoms. The fourth-order valence-electron chi connectivity index (χ4n) is 3.32. The molecule has 0 saturated carbocycles. The van der Waals surface area contributed by atoms with E-state index in [1.165, 1.54) is 5.56 Å². The zero-order valence-corrected chi connectivity index (χ0v) is 15.9. The van der Waals surface area contributed by atoms with E-state index < -0.39 is 0 Å². The molecule has 3 aromatic carbocycles. The van der Waals surface area contributed by atoms with Gasteiger partial charge in [0.2, 0.25) is 0 Å². The van der Waals surface area contributed by atoms with Crippen LogP contribution in [0.25, 0.3) is 22.0 Å². The standard InChI is InChI=1S/C23H20ClN3/c1-2-27(16-17-10-4-3-5-11-17)23-19-13-7-6-12-18(19)22(25-26-23)20-14-8-9-15-21(20)24/h3-15H,2,16H2,1H3. The van der Waals surface area contributed by atoms with Gasteiger partial charge in [-0.2, -0.15) is 0 Å². The molecule has 0 aliphatic rings. The van der Waals surface area contributed by atoms with Gasteiger partial charge in [-0.15, -0.1) is 10.2 Å². The molecular weight excluding hydrogens is 354 g/mol. The minimum atomic E-state index is 0.682. The monoisotopic (exact) mass is 373 g/mol. The van der Waals surface area contributed by atoms with Gasteiger partial charge in [0.1, 0.15) is 5.69 Å². The van der Waals surface area contributed by atoms with Crippen LogP contribution in [0, 0.1) is 0 Å². The van der Waals surface area contributed by atoms with Crippen LogP contribution in [-0.2, 0) is 6.54 Å². The van der Waals surface area contributed by atoms with Gasteiger partial charge >= 0.3 is 0 Å². The number of fused-ring (bicyclic) bond motifs is 1. The summed E-state index contributed by atoms with van der Waals surface area (Å²) in [6.07, 6.45) is 0. The SMILES string of the molecule is CCN(Cc1ccccc1)c1nnc(-c2ccccc2Cl)c2ccccc12. The average molecular weight is 374 g/mol. The number of hydrogen-bond donors (Lipinski definition) is 0. The summed E-state index contributed by atoms with van der Waals surface area (Å²) in [7, 11) is 0. The zero-order chi connectivity index (χ0) is 18.6. The molecule has 0 unspecified atom stereocenters. The van der Waals surface area contributed by atoms with E-state index in [0.29, 0.717) is 5.02 Å². The highest BCUT2D eigenvalue weighted by Gasteiger charge is 2.16. The first-order chi connectivity index (χ1) is 13.3. The first-order valence-corrected chi connectivity index (χ1v) is 9.45. The van der Waals surface area contributed by atoms with E-state index in [1.54, 1.807) is 0 Å². The van der Waals surface area contributed by atoms with E-state index >= 15 is 0 Å². The van der Waals surface area contributed by atoms with Gasteiger partial charge in [-0.3, -0.25) is 0 Å². The molecule has 0 aliphatic heterocycles. The Balaban J connectivity index is 1.83. The Morgan fingerprint density at radius 3 is 2.19 bits per heavy atom. The maximum absolute atomic E-state index is 6.42. The topological polar surface area (TPSA) is 29.0 Å². The van der Waals surface area contributed by atoms with Crippen molar-refractivity contribution in [2.45, 2.75) is 13.5 Å². The molecule has 0 atom stereocenters. The Bertz CT molecular complexity index is 1060. The van der Waals surface area contributed by atoms with Crippen LogP contribution in [0.2, 0.25) is 5.02 Å². The Morgan fingerprint density at radius 1 is 0.778 bits per heavy atom. The predicted octanol–water partition coefficient (Wildman–Crippen LogP) is 5.98. The van der Waals surface area contributed by atoms with Crippen LogP contribution in [-0.4, -0.2) is 16.7 Å². The van der Waals surface area contributed by atoms with Crippen LogP contribution in [0.3, 0.4) is 0 Å². The third-order valence-electron chi connectivity index (χ3n) is 4.69. The van der Waals surface area contributed by atoms with Crippen molar-refractivity contribution in [3.05, 3.63) is 89.4 Å². The van der Waals surface area contributed by atoms with Crippen molar-refractivity contribution < 1.29 is 0 Å². The van der Waals surface area contributed by atoms with Gasteiger partial charge in [0.05, 0.1) is 5.02 Å². The normalized spacial score (nSPS) is 10.9. The molecule has 134 valence electrons. The van der Waals surface area contributed by atoms with Crippen LogP contribution in [0.4, 0.5) is 5.82 Å². The van der Waals surface area contributed by atoms with Gasteiger partial charge in [0.15, 0.2) is 5.82 Å². The number of anilines is 1. The van der Waals surface area contributed by atoms with Gasteiger partial charge in [-0.05, 0) is 18.6 Å². The minimum absolute atomic E-state index is 0.682. The second-order valence-corrected chi connectivity index (χ2v) is 6.80. The van der Waals surface area contributed by atoms with Crippen molar-refractivity contribution in [3.8, 4) is 11.3 Å². The number of aromatic nitrogens is 2. The van der Waals surface area contributed by atoms with E-state index in [2.05, 4.69) is 58.4 Å². The summed E-state index contributed by atoms with van der Waals surface area (Å²) in [6.45, 7) is 3.78. The number of halogens is 1. The first kappa shape index (κ1) is 17.5. The lowest BCUT2D eigenvalue weighted by molar-refractivity contribution is 0.804. The molecule has 0 N–H and O–H groups in total. The Morgan fingerprint density at radius 2 is 1.44 bits per heavy atom. The molecule has 1 aromatic heterocycles. The quantitative estimate of drug-likeness (QED) is 0.431. The summed E-state index contributed by atoms with van der Waals surface area (Å²) in [4.78, 5) is 2.25. The van der Waals surface area contributed by atoms with Crippen LogP contribution in [0.5, 0.6) is 0 Å². The summed E-state index contributed by atoms with van der Waals surface area (Å²) in [5, 5.41) is 12.0. The predicted molar refractivity (Wildman–Crippen MR) is 113 cm³/mol. The highest BCUT2D eigenvalue weighted by atomic mass is 35.5. The molecule has 4 rings (SSSR count). The lowest BCUT2D eigenvalue weighted by atomic mass is 10.0. The lowest BCUT2D eigenvalue weighted by Crippen LogP contribution is -2.23. The van der Waals surface area contributed by atoms with E-state index in [0.717, 1.165) is 40.9 Å². The van der Waals surface area contributed by atoms with E-state index in [1.807, 2.05) is 42.5 Å². The average Bonchev–Trinajstić information content (AvgIpc) is 2.73. The Kier molecular flexibility index (Phi) is 5.03. The molecular formula is C23H20ClN3. The molecule has 0 fully saturated rings. The molecule has 0 saturated heterocycles. The second-order valence-electron chi connectivity index (χ2n) is 6.40. The molecule has 4 aromatic rings. The zero-order valence-electron chi connectivity index (χ0n) is 15.1. The minimum Gasteiger partial charge on any atom is -0.351 e. The van der Waals surface area contributed by atoms with E-state index in [4.69, 9.17) is 11.6 Å². The maximum Gasteiger partial charge on any atom is 0.159 e. The number of rotatable bonds is 5. The summed E-state index contributed by atoms with van der Waals surface area (Å²) in [5.74, 6) is 0.896. The van der Waals surface area contributed by atoms with Gasteiger partial charge in [-0.25, -0.2) is 0 Å². The molecule has 0 bridgehead atoms. The van der Waals surface area contributed by atoms with Crippen molar-refractivity contribution in [3.63, 3.8) is 0 Å². The molecule has 1 heterocycles. The molecule has 0 aliphatic carbocycles. The van der Waals surface area contributed by atoms with Gasteiger partial charge < -0.3 is 4.90 Å². The van der Waals surface area contributed by atoms with Crippen molar-refractivity contribution >= 4 is 28.2 Å². The molecule has 3 nitrogen and oxygen atoms in total. The lowest BCUT2D eigenvalue weighted by Gasteiger charge is -2.23. The number of hydrogen-bond acceptors (Lipinski definition) is 3. The molecule has 0 radical (unpaired) electrons. The van der Waals surface area contributed by atoms with Crippen molar-refractivity contribution in [1.29, 1.82) is 0 Å². The molecule has 0 amide bonds. The van der Waals surface area contributed by atoms with E-state index in [9.17, 15) is 0 Å². The Hall–Kier alpha value is -2.91. The van der Waals surface area contributed by atoms with Gasteiger partial charge in [0.25, 0.3) is 0 Å². The highest BCUT2D eigenvalue weighted by molar-refractivity contribution is 6.33. The van der Waals surface area contributed by atoms with Crippen LogP contribution in [0.15, 0.2) is 78.9 Å². The third-order valence-corrected chi connectivity index (χ3v) is 5.02. The van der Waals surface area contributed by atoms with Crippen LogP contribution in [0.1, 0.15) is 12.5 Å². The van der Waals surface area contributed by atoms with Crippen molar-refractivity contribution in [2.24, 2.45) is 0 Å². The van der Waals surface area contributed by atoms with Gasteiger partial charge in [-0.1, -0.05) is 84.4 Å². The van der Waals surface area contributed by atoms with Crippen LogP contribution < -0.4 is 4.90 Å². The van der Waals surface area contributed by atoms with Gasteiger partial charge in [0, 0.05) is 29.4 Å². The van der Waals surface area contributed by atoms with Crippen molar-refractivity contribution in [1.82, 2.24) is 10.2 Å². The first-order valence-electron chi connectivity index (χ1n) is 9.07. The fraction of sp³-hybridized carbons (Fsp3) is 0.130. The fourth-order valence-corrected chi connectivity index (χ4v) is 3.54. The molecule has 27 heavy (non-hydrogen) atoms. The molecule has 4 heteroatoms. The summed E-state index contributed by atoms with van der Waals surface area (Å²) in [6, 6.07) is 26.5. The number of benzene rings is 3. The smallest absolute Gasteiger partial charge is 0.159 e.